The molecule has 58 heavy (non-hydrogen) atoms. The zero-order valence-electron chi connectivity index (χ0n) is 38.2. The van der Waals surface area contributed by atoms with Gasteiger partial charge in [0, 0.05) is 6.42 Å². The number of quaternary nitrogens is 1. The van der Waals surface area contributed by atoms with Gasteiger partial charge in [-0.05, 0) is 77.0 Å². The van der Waals surface area contributed by atoms with Crippen LogP contribution in [0.2, 0.25) is 0 Å². The number of phosphoric acid groups is 1. The average molecular weight is 835 g/mol. The molecule has 338 valence electrons. The van der Waals surface area contributed by atoms with E-state index in [4.69, 9.17) is 9.05 Å². The highest BCUT2D eigenvalue weighted by Gasteiger charge is 2.23. The van der Waals surface area contributed by atoms with E-state index in [0.717, 1.165) is 70.6 Å². The molecule has 0 aromatic heterocycles. The van der Waals surface area contributed by atoms with Crippen molar-refractivity contribution in [3.05, 3.63) is 60.8 Å². The molecule has 0 aromatic rings. The second-order valence-electron chi connectivity index (χ2n) is 17.1. The summed E-state index contributed by atoms with van der Waals surface area (Å²) >= 11 is 0. The second kappa shape index (κ2) is 40.6. The van der Waals surface area contributed by atoms with Gasteiger partial charge in [-0.3, -0.25) is 9.36 Å². The van der Waals surface area contributed by atoms with Gasteiger partial charge in [-0.2, -0.15) is 0 Å². The first-order valence-electron chi connectivity index (χ1n) is 23.7. The third-order valence-electron chi connectivity index (χ3n) is 10.2. The molecule has 0 rings (SSSR count). The molecule has 3 unspecified atom stereocenters. The lowest BCUT2D eigenvalue weighted by atomic mass is 10.1. The topological polar surface area (TPSA) is 108 Å². The van der Waals surface area contributed by atoms with Crippen LogP contribution in [0.25, 0.3) is 0 Å². The van der Waals surface area contributed by atoms with Crippen molar-refractivity contribution in [2.24, 2.45) is 0 Å². The normalized spacial score (nSPS) is 14.8. The van der Waals surface area contributed by atoms with Crippen LogP contribution in [0, 0.1) is 0 Å². The lowest BCUT2D eigenvalue weighted by molar-refractivity contribution is -0.870. The molecule has 0 radical (unpaired) electrons. The monoisotopic (exact) mass is 835 g/mol. The molecule has 0 aliphatic heterocycles. The van der Waals surface area contributed by atoms with Crippen LogP contribution in [-0.4, -0.2) is 68.5 Å². The first-order chi connectivity index (χ1) is 28.0. The van der Waals surface area contributed by atoms with Gasteiger partial charge in [0.15, 0.2) is 0 Å². The van der Waals surface area contributed by atoms with Gasteiger partial charge in [0.1, 0.15) is 13.2 Å². The first-order valence-corrected chi connectivity index (χ1v) is 25.1. The van der Waals surface area contributed by atoms with Crippen LogP contribution in [-0.2, 0) is 18.4 Å². The lowest BCUT2D eigenvalue weighted by Gasteiger charge is -2.29. The zero-order chi connectivity index (χ0) is 42.8. The molecule has 0 fully saturated rings. The summed E-state index contributed by atoms with van der Waals surface area (Å²) in [4.78, 5) is 25.3. The maximum atomic E-state index is 12.9. The van der Waals surface area contributed by atoms with E-state index in [1.807, 2.05) is 27.2 Å². The lowest BCUT2D eigenvalue weighted by Crippen LogP contribution is -2.45. The number of aliphatic hydroxyl groups excluding tert-OH is 1. The van der Waals surface area contributed by atoms with E-state index in [2.05, 4.69) is 67.8 Å². The van der Waals surface area contributed by atoms with Crippen molar-refractivity contribution in [3.8, 4) is 0 Å². The highest BCUT2D eigenvalue weighted by molar-refractivity contribution is 7.45. The fourth-order valence-electron chi connectivity index (χ4n) is 6.39. The Hall–Kier alpha value is -1.80. The number of rotatable bonds is 42. The van der Waals surface area contributed by atoms with Gasteiger partial charge < -0.3 is 28.8 Å². The number of hydrogen-bond donors (Lipinski definition) is 2. The van der Waals surface area contributed by atoms with Gasteiger partial charge >= 0.3 is 0 Å². The molecule has 0 heterocycles. The number of carbonyl (C=O) groups is 1. The molecule has 0 aromatic carbocycles. The van der Waals surface area contributed by atoms with Crippen LogP contribution in [0.3, 0.4) is 0 Å². The molecule has 0 saturated carbocycles. The highest BCUT2D eigenvalue weighted by Crippen LogP contribution is 2.38. The number of likely N-dealkylation sites (N-methyl/N-ethyl adjacent to an activating group) is 1. The molecule has 0 bridgehead atoms. The minimum absolute atomic E-state index is 0.0140. The summed E-state index contributed by atoms with van der Waals surface area (Å²) in [5, 5.41) is 13.8. The van der Waals surface area contributed by atoms with Crippen molar-refractivity contribution in [2.45, 2.75) is 206 Å². The Morgan fingerprint density at radius 2 is 1.02 bits per heavy atom. The van der Waals surface area contributed by atoms with E-state index in [0.29, 0.717) is 17.4 Å². The predicted molar refractivity (Wildman–Crippen MR) is 247 cm³/mol. The van der Waals surface area contributed by atoms with E-state index in [9.17, 15) is 19.4 Å². The first kappa shape index (κ1) is 56.2. The van der Waals surface area contributed by atoms with Crippen molar-refractivity contribution >= 4 is 13.7 Å². The van der Waals surface area contributed by atoms with Crippen molar-refractivity contribution in [1.29, 1.82) is 0 Å². The van der Waals surface area contributed by atoms with Gasteiger partial charge in [-0.15, -0.1) is 0 Å². The number of phosphoric ester groups is 1. The molecule has 8 nitrogen and oxygen atoms in total. The molecular formula is C49H91N2O6P. The number of nitrogens with one attached hydrogen (secondary N) is 1. The zero-order valence-corrected chi connectivity index (χ0v) is 39.1. The molecule has 0 aliphatic carbocycles. The standard InChI is InChI=1S/C49H91N2O6P/c1-6-8-10-12-14-16-18-20-22-24-25-26-27-28-30-32-34-36-38-40-42-48(52)47(46-57-58(54,55)56-45-44-51(3,4)5)50-49(53)43-41-39-37-35-33-31-29-23-21-19-17-15-13-11-9-7-2/h17,19,23,26-27,29,32,34,40,42,47-48,52H,6-16,18,20-22,24-25,28,30-31,33,35-39,41,43-46H2,1-5H3,(H-,50,53,54,55)/b19-17-,27-26+,29-23-,34-32+,42-40+. The summed E-state index contributed by atoms with van der Waals surface area (Å²) < 4.78 is 23.2. The van der Waals surface area contributed by atoms with Gasteiger partial charge in [0.25, 0.3) is 7.82 Å². The Kier molecular flexibility index (Phi) is 39.3. The summed E-state index contributed by atoms with van der Waals surface area (Å²) in [5.41, 5.74) is 0. The smallest absolute Gasteiger partial charge is 0.268 e. The summed E-state index contributed by atoms with van der Waals surface area (Å²) in [6.07, 6.45) is 52.7. The Bertz CT molecular complexity index is 1130. The molecule has 3 atom stereocenters. The van der Waals surface area contributed by atoms with Crippen molar-refractivity contribution < 1.29 is 32.9 Å². The number of carbonyl (C=O) groups excluding carboxylic acids is 1. The van der Waals surface area contributed by atoms with Gasteiger partial charge in [-0.25, -0.2) is 0 Å². The van der Waals surface area contributed by atoms with Gasteiger partial charge in [0.05, 0.1) is 39.9 Å². The van der Waals surface area contributed by atoms with E-state index in [1.54, 1.807) is 6.08 Å². The Balaban J connectivity index is 4.50. The van der Waals surface area contributed by atoms with Crippen LogP contribution in [0.1, 0.15) is 194 Å². The highest BCUT2D eigenvalue weighted by atomic mass is 31.2. The van der Waals surface area contributed by atoms with Crippen LogP contribution in [0.5, 0.6) is 0 Å². The van der Waals surface area contributed by atoms with Crippen LogP contribution < -0.4 is 10.2 Å². The second-order valence-corrected chi connectivity index (χ2v) is 18.5. The molecule has 0 aliphatic rings. The number of amides is 1. The van der Waals surface area contributed by atoms with Crippen LogP contribution in [0.4, 0.5) is 0 Å². The van der Waals surface area contributed by atoms with Crippen LogP contribution >= 0.6 is 7.82 Å². The SMILES string of the molecule is CCCCCC/C=C\C/C=C\CCCCCCCC(=O)NC(COP(=O)([O-])OCC[N+](C)(C)C)C(O)/C=C/CC/C=C/CC/C=C/CCCCCCCCCCCC. The van der Waals surface area contributed by atoms with E-state index in [1.165, 1.54) is 103 Å². The number of nitrogens with zero attached hydrogens (tertiary/aromatic N) is 1. The number of allylic oxidation sites excluding steroid dienone is 9. The summed E-state index contributed by atoms with van der Waals surface area (Å²) in [6, 6.07) is -0.918. The van der Waals surface area contributed by atoms with Crippen LogP contribution in [0.15, 0.2) is 60.8 Å². The van der Waals surface area contributed by atoms with E-state index >= 15 is 0 Å². The van der Waals surface area contributed by atoms with Gasteiger partial charge in [0.2, 0.25) is 5.91 Å². The predicted octanol–water partition coefficient (Wildman–Crippen LogP) is 12.8. The summed E-state index contributed by atoms with van der Waals surface area (Å²) in [6.45, 7) is 4.58. The van der Waals surface area contributed by atoms with Crippen molar-refractivity contribution in [3.63, 3.8) is 0 Å². The van der Waals surface area contributed by atoms with E-state index in [-0.39, 0.29) is 12.5 Å². The fraction of sp³-hybridized carbons (Fsp3) is 0.776. The van der Waals surface area contributed by atoms with Gasteiger partial charge in [-0.1, -0.05) is 171 Å². The molecule has 9 heteroatoms. The third-order valence-corrected chi connectivity index (χ3v) is 11.1. The molecular weight excluding hydrogens is 744 g/mol. The Morgan fingerprint density at radius 3 is 1.52 bits per heavy atom. The maximum Gasteiger partial charge on any atom is 0.268 e. The quantitative estimate of drug-likeness (QED) is 0.0274. The number of aliphatic hydroxyl groups is 1. The van der Waals surface area contributed by atoms with Crippen molar-refractivity contribution in [1.82, 2.24) is 5.32 Å². The molecule has 0 saturated heterocycles. The summed E-state index contributed by atoms with van der Waals surface area (Å²) in [7, 11) is 1.22. The molecule has 2 N–H and O–H groups in total. The maximum absolute atomic E-state index is 12.9. The largest absolute Gasteiger partial charge is 0.756 e. The Labute approximate surface area is 358 Å². The van der Waals surface area contributed by atoms with E-state index < -0.39 is 26.6 Å². The Morgan fingerprint density at radius 1 is 0.603 bits per heavy atom. The average Bonchev–Trinajstić information content (AvgIpc) is 3.17. The van der Waals surface area contributed by atoms with Crippen molar-refractivity contribution in [2.75, 3.05) is 40.9 Å². The number of unbranched alkanes of at least 4 members (excludes halogenated alkanes) is 21. The molecule has 1 amide bonds. The fourth-order valence-corrected chi connectivity index (χ4v) is 7.11. The minimum atomic E-state index is -4.61. The minimum Gasteiger partial charge on any atom is -0.756 e. The third kappa shape index (κ3) is 42.3. The summed E-state index contributed by atoms with van der Waals surface area (Å²) in [5.74, 6) is -0.227. The number of hydrogen-bond acceptors (Lipinski definition) is 6. The molecule has 0 spiro atoms.